The highest BCUT2D eigenvalue weighted by Gasteiger charge is 2.38. The van der Waals surface area contributed by atoms with Crippen LogP contribution in [-0.4, -0.2) is 38.9 Å². The Bertz CT molecular complexity index is 1020. The summed E-state index contributed by atoms with van der Waals surface area (Å²) >= 11 is 1.80. The second-order valence-electron chi connectivity index (χ2n) is 6.90. The number of aromatic nitrogens is 3. The van der Waals surface area contributed by atoms with Gasteiger partial charge in [0.15, 0.2) is 0 Å². The highest BCUT2D eigenvalue weighted by Crippen LogP contribution is 2.28. The number of pyridine rings is 1. The molecule has 1 aliphatic rings. The van der Waals surface area contributed by atoms with Crippen LogP contribution < -0.4 is 5.32 Å². The number of hydrogen-bond acceptors (Lipinski definition) is 7. The molecule has 0 unspecified atom stereocenters. The molecule has 0 spiro atoms. The zero-order valence-corrected chi connectivity index (χ0v) is 17.5. The number of aliphatic carboxylic acids is 1. The summed E-state index contributed by atoms with van der Waals surface area (Å²) in [4.78, 5) is 19.4. The minimum atomic E-state index is -5.08. The van der Waals surface area contributed by atoms with E-state index < -0.39 is 12.1 Å². The zero-order valence-electron chi connectivity index (χ0n) is 16.7. The average Bonchev–Trinajstić information content (AvgIpc) is 3.40. The van der Waals surface area contributed by atoms with Gasteiger partial charge in [-0.05, 0) is 55.3 Å². The summed E-state index contributed by atoms with van der Waals surface area (Å²) in [5, 5.41) is 16.8. The van der Waals surface area contributed by atoms with Crippen LogP contribution in [0.2, 0.25) is 0 Å². The minimum Gasteiger partial charge on any atom is -0.475 e. The number of alkyl halides is 3. The van der Waals surface area contributed by atoms with Gasteiger partial charge >= 0.3 is 12.1 Å². The molecule has 0 aromatic carbocycles. The molecule has 2 N–H and O–H groups in total. The number of carboxylic acids is 1. The van der Waals surface area contributed by atoms with Crippen LogP contribution in [0.3, 0.4) is 0 Å². The lowest BCUT2D eigenvalue weighted by atomic mass is 9.95. The molecule has 7 nitrogen and oxygen atoms in total. The number of nitrogens with one attached hydrogen (secondary N) is 1. The van der Waals surface area contributed by atoms with E-state index in [0.29, 0.717) is 11.7 Å². The Balaban J connectivity index is 0.000000339. The van der Waals surface area contributed by atoms with E-state index in [4.69, 9.17) is 14.4 Å². The third-order valence-corrected chi connectivity index (χ3v) is 5.60. The second-order valence-corrected chi connectivity index (χ2v) is 7.93. The van der Waals surface area contributed by atoms with E-state index in [1.807, 2.05) is 13.1 Å². The van der Waals surface area contributed by atoms with Crippen LogP contribution >= 0.6 is 11.3 Å². The Morgan fingerprint density at radius 1 is 1.35 bits per heavy atom. The van der Waals surface area contributed by atoms with Crippen molar-refractivity contribution in [3.63, 3.8) is 0 Å². The number of fused-ring (bicyclic) bond motifs is 1. The van der Waals surface area contributed by atoms with Crippen molar-refractivity contribution in [1.29, 1.82) is 0 Å². The first-order valence-electron chi connectivity index (χ1n) is 9.59. The van der Waals surface area contributed by atoms with Crippen molar-refractivity contribution in [3.05, 3.63) is 51.3 Å². The predicted octanol–water partition coefficient (Wildman–Crippen LogP) is 3.96. The third-order valence-electron chi connectivity index (χ3n) is 4.66. The van der Waals surface area contributed by atoms with Gasteiger partial charge in [-0.2, -0.15) is 18.2 Å². The molecule has 166 valence electrons. The molecule has 3 aromatic heterocycles. The second kappa shape index (κ2) is 10.0. The van der Waals surface area contributed by atoms with E-state index in [-0.39, 0.29) is 0 Å². The fourth-order valence-corrected chi connectivity index (χ4v) is 3.95. The Labute approximate surface area is 180 Å². The van der Waals surface area contributed by atoms with Gasteiger partial charge in [-0.3, -0.25) is 4.98 Å². The van der Waals surface area contributed by atoms with Crippen molar-refractivity contribution in [2.24, 2.45) is 0 Å². The van der Waals surface area contributed by atoms with Crippen LogP contribution in [0.15, 0.2) is 28.2 Å². The normalized spacial score (nSPS) is 13.3. The van der Waals surface area contributed by atoms with Gasteiger partial charge < -0.3 is 14.9 Å². The Hall–Kier alpha value is -2.79. The maximum Gasteiger partial charge on any atom is 0.490 e. The number of hydrogen-bond donors (Lipinski definition) is 2. The molecule has 0 amide bonds. The Morgan fingerprint density at radius 2 is 2.13 bits per heavy atom. The first-order valence-corrected chi connectivity index (χ1v) is 10.5. The molecule has 0 aliphatic carbocycles. The van der Waals surface area contributed by atoms with Crippen LogP contribution in [-0.2, 0) is 30.6 Å². The van der Waals surface area contributed by atoms with Crippen LogP contribution in [0.4, 0.5) is 13.2 Å². The standard InChI is InChI=1S/C18H20N4OS.C2HF3O2/c1-12-17(15-7-8-19-10-13(15)11-20-12)18-21-16(23-22-18)6-2-4-14-5-3-9-24-14;3-2(4,5)1(6)7/h3,5,9,11,19H,2,4,6-8,10H2,1H3;(H,6,7). The SMILES string of the molecule is Cc1ncc2c(c1-c1noc(CCCc3cccs3)n1)CCNC2.O=C(O)C(F)(F)F. The van der Waals surface area contributed by atoms with Gasteiger partial charge in [0, 0.05) is 35.3 Å². The van der Waals surface area contributed by atoms with Crippen molar-refractivity contribution in [2.75, 3.05) is 6.54 Å². The fraction of sp³-hybridized carbons (Fsp3) is 0.400. The van der Waals surface area contributed by atoms with E-state index in [2.05, 4.69) is 38.0 Å². The zero-order chi connectivity index (χ0) is 22.4. The van der Waals surface area contributed by atoms with Crippen molar-refractivity contribution < 1.29 is 27.6 Å². The molecule has 3 aromatic rings. The maximum atomic E-state index is 10.6. The Morgan fingerprint density at radius 3 is 2.81 bits per heavy atom. The number of nitrogens with zero attached hydrogens (tertiary/aromatic N) is 3. The highest BCUT2D eigenvalue weighted by atomic mass is 32.1. The lowest BCUT2D eigenvalue weighted by molar-refractivity contribution is -0.192. The van der Waals surface area contributed by atoms with Crippen molar-refractivity contribution in [3.8, 4) is 11.4 Å². The van der Waals surface area contributed by atoms with E-state index in [0.717, 1.165) is 50.0 Å². The Kier molecular flexibility index (Phi) is 7.39. The summed E-state index contributed by atoms with van der Waals surface area (Å²) < 4.78 is 37.2. The van der Waals surface area contributed by atoms with Crippen LogP contribution in [0.5, 0.6) is 0 Å². The van der Waals surface area contributed by atoms with Crippen LogP contribution in [0.25, 0.3) is 11.4 Å². The fourth-order valence-electron chi connectivity index (χ4n) is 3.19. The van der Waals surface area contributed by atoms with Crippen molar-refractivity contribution in [2.45, 2.75) is 45.3 Å². The number of thiophene rings is 1. The quantitative estimate of drug-likeness (QED) is 0.602. The number of carboxylic acid groups (broad SMARTS) is 1. The first kappa shape index (κ1) is 22.9. The van der Waals surface area contributed by atoms with Crippen LogP contribution in [0, 0.1) is 6.92 Å². The van der Waals surface area contributed by atoms with Gasteiger partial charge in [-0.25, -0.2) is 4.79 Å². The van der Waals surface area contributed by atoms with Gasteiger partial charge in [0.1, 0.15) is 0 Å². The topological polar surface area (TPSA) is 101 Å². The van der Waals surface area contributed by atoms with Gasteiger partial charge in [0.05, 0.1) is 0 Å². The van der Waals surface area contributed by atoms with Crippen molar-refractivity contribution in [1.82, 2.24) is 20.4 Å². The lowest BCUT2D eigenvalue weighted by Gasteiger charge is -2.19. The summed E-state index contributed by atoms with van der Waals surface area (Å²) in [7, 11) is 0. The van der Waals surface area contributed by atoms with E-state index in [9.17, 15) is 13.2 Å². The van der Waals surface area contributed by atoms with Gasteiger partial charge in [0.2, 0.25) is 11.7 Å². The third kappa shape index (κ3) is 6.11. The molecule has 31 heavy (non-hydrogen) atoms. The summed E-state index contributed by atoms with van der Waals surface area (Å²) in [6.45, 7) is 3.86. The van der Waals surface area contributed by atoms with E-state index >= 15 is 0 Å². The average molecular weight is 454 g/mol. The number of halogens is 3. The predicted molar refractivity (Wildman–Crippen MR) is 108 cm³/mol. The summed E-state index contributed by atoms with van der Waals surface area (Å²) in [5.41, 5.74) is 4.59. The summed E-state index contributed by atoms with van der Waals surface area (Å²) in [6, 6.07) is 4.26. The molecule has 0 fully saturated rings. The number of rotatable bonds is 5. The lowest BCUT2D eigenvalue weighted by Crippen LogP contribution is -2.24. The molecule has 0 saturated heterocycles. The molecule has 4 rings (SSSR count). The number of carbonyl (C=O) groups is 1. The highest BCUT2D eigenvalue weighted by molar-refractivity contribution is 7.09. The van der Waals surface area contributed by atoms with Gasteiger partial charge in [0.25, 0.3) is 0 Å². The van der Waals surface area contributed by atoms with E-state index in [1.54, 1.807) is 11.3 Å². The molecular formula is C20H21F3N4O3S. The summed E-state index contributed by atoms with van der Waals surface area (Å²) in [5.74, 6) is -1.36. The molecule has 4 heterocycles. The molecule has 0 atom stereocenters. The van der Waals surface area contributed by atoms with E-state index in [1.165, 1.54) is 16.0 Å². The van der Waals surface area contributed by atoms with Crippen molar-refractivity contribution >= 4 is 17.3 Å². The van der Waals surface area contributed by atoms with Gasteiger partial charge in [-0.1, -0.05) is 11.2 Å². The first-order chi connectivity index (χ1) is 14.8. The molecule has 0 radical (unpaired) electrons. The molecular weight excluding hydrogens is 433 g/mol. The summed E-state index contributed by atoms with van der Waals surface area (Å²) in [6.07, 6.45) is 0.755. The molecule has 1 aliphatic heterocycles. The smallest absolute Gasteiger partial charge is 0.475 e. The molecule has 0 bridgehead atoms. The number of aryl methyl sites for hydroxylation is 3. The van der Waals surface area contributed by atoms with Gasteiger partial charge in [-0.15, -0.1) is 11.3 Å². The molecule has 0 saturated carbocycles. The minimum absolute atomic E-state index is 0.685. The largest absolute Gasteiger partial charge is 0.490 e. The molecule has 11 heteroatoms. The monoisotopic (exact) mass is 454 g/mol. The van der Waals surface area contributed by atoms with Crippen LogP contribution in [0.1, 0.15) is 34.0 Å². The maximum absolute atomic E-state index is 10.6.